The van der Waals surface area contributed by atoms with Crippen LogP contribution < -0.4 is 0 Å². The van der Waals surface area contributed by atoms with Crippen LogP contribution in [0.15, 0.2) is 12.7 Å². The van der Waals surface area contributed by atoms with Gasteiger partial charge in [0.25, 0.3) is 0 Å². The second-order valence-corrected chi connectivity index (χ2v) is 2.27. The lowest BCUT2D eigenvalue weighted by atomic mass is 10.7. The van der Waals surface area contributed by atoms with E-state index in [1.165, 1.54) is 6.08 Å². The zero-order valence-corrected chi connectivity index (χ0v) is 6.44. The Morgan fingerprint density at radius 2 is 2.33 bits per heavy atom. The van der Waals surface area contributed by atoms with Gasteiger partial charge in [-0.15, -0.1) is 0 Å². The molecular formula is C4H7NO2S2. The summed E-state index contributed by atoms with van der Waals surface area (Å²) in [5, 5.41) is 0. The normalized spacial score (nSPS) is 8.22. The van der Waals surface area contributed by atoms with Gasteiger partial charge in [-0.05, 0) is 25.6 Å². The summed E-state index contributed by atoms with van der Waals surface area (Å²) in [4.78, 5) is 10.4. The summed E-state index contributed by atoms with van der Waals surface area (Å²) in [6.45, 7) is 3.52. The molecule has 3 nitrogen and oxygen atoms in total. The molecule has 0 rings (SSSR count). The molecule has 0 aromatic carbocycles. The minimum Gasteiger partial charge on any atom is -0.444 e. The Kier molecular flexibility index (Phi) is 4.43. The monoisotopic (exact) mass is 165 g/mol. The fraction of sp³-hybridized carbons (Fsp3) is 0.250. The minimum atomic E-state index is -0.610. The Morgan fingerprint density at radius 1 is 1.78 bits per heavy atom. The topological polar surface area (TPSA) is 29.5 Å². The SMILES string of the molecule is C=CCOC(=O)N(S)S. The van der Waals surface area contributed by atoms with Crippen LogP contribution in [0.1, 0.15) is 0 Å². The van der Waals surface area contributed by atoms with Crippen LogP contribution in [0.2, 0.25) is 0 Å². The summed E-state index contributed by atoms with van der Waals surface area (Å²) in [7, 11) is 0. The number of carbonyl (C=O) groups excluding carboxylic acids is 1. The lowest BCUT2D eigenvalue weighted by Gasteiger charge is -2.05. The third kappa shape index (κ3) is 4.23. The van der Waals surface area contributed by atoms with E-state index in [4.69, 9.17) is 0 Å². The predicted molar refractivity (Wildman–Crippen MR) is 41.4 cm³/mol. The molecule has 0 aromatic rings. The smallest absolute Gasteiger partial charge is 0.430 e. The van der Waals surface area contributed by atoms with Gasteiger partial charge in [0.1, 0.15) is 6.61 Å². The highest BCUT2D eigenvalue weighted by molar-refractivity contribution is 7.94. The summed E-state index contributed by atoms with van der Waals surface area (Å²) in [5.74, 6) is 0. The molecule has 0 aliphatic rings. The third-order valence-corrected chi connectivity index (χ3v) is 0.815. The van der Waals surface area contributed by atoms with E-state index in [1.54, 1.807) is 0 Å². The molecule has 0 N–H and O–H groups in total. The van der Waals surface area contributed by atoms with Crippen molar-refractivity contribution in [3.05, 3.63) is 12.7 Å². The van der Waals surface area contributed by atoms with Crippen molar-refractivity contribution in [3.8, 4) is 0 Å². The van der Waals surface area contributed by atoms with E-state index in [1.807, 2.05) is 0 Å². The molecule has 0 aromatic heterocycles. The highest BCUT2D eigenvalue weighted by Crippen LogP contribution is 1.99. The predicted octanol–water partition coefficient (Wildman–Crippen LogP) is 1.30. The number of nitrogens with zero attached hydrogens (tertiary/aromatic N) is 1. The molecule has 0 saturated carbocycles. The van der Waals surface area contributed by atoms with E-state index in [-0.39, 0.29) is 6.61 Å². The van der Waals surface area contributed by atoms with Gasteiger partial charge in [-0.2, -0.15) is 3.71 Å². The van der Waals surface area contributed by atoms with Crippen LogP contribution in [0.5, 0.6) is 0 Å². The minimum absolute atomic E-state index is 0.177. The molecule has 52 valence electrons. The van der Waals surface area contributed by atoms with Crippen LogP contribution in [-0.4, -0.2) is 16.4 Å². The van der Waals surface area contributed by atoms with Gasteiger partial charge in [-0.1, -0.05) is 12.7 Å². The van der Waals surface area contributed by atoms with Gasteiger partial charge in [-0.3, -0.25) is 0 Å². The maximum Gasteiger partial charge on any atom is 0.430 e. The van der Waals surface area contributed by atoms with Gasteiger partial charge < -0.3 is 4.74 Å². The van der Waals surface area contributed by atoms with Crippen molar-refractivity contribution >= 4 is 31.7 Å². The number of thiol groups is 2. The molecule has 1 amide bonds. The van der Waals surface area contributed by atoms with Gasteiger partial charge in [-0.25, -0.2) is 4.79 Å². The van der Waals surface area contributed by atoms with E-state index in [9.17, 15) is 4.79 Å². The number of rotatable bonds is 2. The van der Waals surface area contributed by atoms with Gasteiger partial charge in [0.2, 0.25) is 0 Å². The Labute approximate surface area is 64.8 Å². The maximum atomic E-state index is 10.4. The number of hydrogen-bond acceptors (Lipinski definition) is 4. The Morgan fingerprint density at radius 3 is 2.67 bits per heavy atom. The molecule has 0 spiro atoms. The third-order valence-electron chi connectivity index (χ3n) is 0.488. The standard InChI is InChI=1S/C4H7NO2S2/c1-2-3-7-4(6)5(8)9/h2,8-9H,1,3H2. The highest BCUT2D eigenvalue weighted by Gasteiger charge is 2.03. The summed E-state index contributed by atoms with van der Waals surface area (Å²) in [5.41, 5.74) is 0. The van der Waals surface area contributed by atoms with Crippen molar-refractivity contribution in [2.24, 2.45) is 0 Å². The molecule has 9 heavy (non-hydrogen) atoms. The van der Waals surface area contributed by atoms with Gasteiger partial charge in [0.05, 0.1) is 0 Å². The van der Waals surface area contributed by atoms with Crippen LogP contribution >= 0.6 is 25.6 Å². The second kappa shape index (κ2) is 4.58. The molecule has 0 unspecified atom stereocenters. The maximum absolute atomic E-state index is 10.4. The van der Waals surface area contributed by atoms with E-state index >= 15 is 0 Å². The van der Waals surface area contributed by atoms with E-state index in [0.717, 1.165) is 3.71 Å². The van der Waals surface area contributed by atoms with Gasteiger partial charge >= 0.3 is 6.09 Å². The number of hydrogen-bond donors (Lipinski definition) is 2. The highest BCUT2D eigenvalue weighted by atomic mass is 32.2. The van der Waals surface area contributed by atoms with E-state index < -0.39 is 6.09 Å². The van der Waals surface area contributed by atoms with Crippen molar-refractivity contribution in [2.45, 2.75) is 0 Å². The van der Waals surface area contributed by atoms with Crippen LogP contribution in [0, 0.1) is 0 Å². The molecule has 0 atom stereocenters. The quantitative estimate of drug-likeness (QED) is 0.477. The zero-order chi connectivity index (χ0) is 7.28. The average Bonchev–Trinajstić information content (AvgIpc) is 1.82. The van der Waals surface area contributed by atoms with Gasteiger partial charge in [0, 0.05) is 0 Å². The largest absolute Gasteiger partial charge is 0.444 e. The lowest BCUT2D eigenvalue weighted by molar-refractivity contribution is 0.155. The summed E-state index contributed by atoms with van der Waals surface area (Å²) < 4.78 is 5.22. The van der Waals surface area contributed by atoms with Crippen molar-refractivity contribution in [2.75, 3.05) is 6.61 Å². The number of carbonyl (C=O) groups is 1. The molecule has 0 saturated heterocycles. The Balaban J connectivity index is 3.38. The van der Waals surface area contributed by atoms with E-state index in [0.29, 0.717) is 0 Å². The van der Waals surface area contributed by atoms with E-state index in [2.05, 4.69) is 36.9 Å². The Bertz CT molecular complexity index is 115. The molecule has 0 radical (unpaired) electrons. The van der Waals surface area contributed by atoms with Crippen molar-refractivity contribution < 1.29 is 9.53 Å². The fourth-order valence-electron chi connectivity index (χ4n) is 0.188. The van der Waals surface area contributed by atoms with Crippen LogP contribution in [0.3, 0.4) is 0 Å². The molecule has 0 fully saturated rings. The summed E-state index contributed by atoms with van der Waals surface area (Å²) >= 11 is 7.11. The van der Waals surface area contributed by atoms with Crippen molar-refractivity contribution in [1.82, 2.24) is 3.71 Å². The molecule has 5 heteroatoms. The number of amides is 1. The first-order chi connectivity index (χ1) is 4.18. The first kappa shape index (κ1) is 8.71. The molecule has 0 aliphatic carbocycles. The first-order valence-corrected chi connectivity index (χ1v) is 2.94. The van der Waals surface area contributed by atoms with Gasteiger partial charge in [0.15, 0.2) is 0 Å². The van der Waals surface area contributed by atoms with Crippen LogP contribution in [-0.2, 0) is 4.74 Å². The summed E-state index contributed by atoms with van der Waals surface area (Å²) in [6, 6.07) is 0. The lowest BCUT2D eigenvalue weighted by Crippen LogP contribution is -2.12. The number of ether oxygens (including phenoxy) is 1. The molecule has 0 bridgehead atoms. The molecule has 0 heterocycles. The van der Waals surface area contributed by atoms with Crippen molar-refractivity contribution in [1.29, 1.82) is 0 Å². The molecule has 0 aliphatic heterocycles. The van der Waals surface area contributed by atoms with Crippen LogP contribution in [0.25, 0.3) is 0 Å². The average molecular weight is 165 g/mol. The zero-order valence-electron chi connectivity index (χ0n) is 4.65. The second-order valence-electron chi connectivity index (χ2n) is 1.16. The Hall–Kier alpha value is -0.290. The fourth-order valence-corrected chi connectivity index (χ4v) is 0.303. The van der Waals surface area contributed by atoms with Crippen LogP contribution in [0.4, 0.5) is 4.79 Å². The molecular weight excluding hydrogens is 158 g/mol. The first-order valence-electron chi connectivity index (χ1n) is 2.14. The summed E-state index contributed by atoms with van der Waals surface area (Å²) in [6.07, 6.45) is 0.852. The van der Waals surface area contributed by atoms with Crippen molar-refractivity contribution in [3.63, 3.8) is 0 Å².